The Morgan fingerprint density at radius 1 is 1.21 bits per heavy atom. The molecular formula is C23H27ClN2O3. The van der Waals surface area contributed by atoms with Crippen LogP contribution in [0.3, 0.4) is 0 Å². The zero-order valence-electron chi connectivity index (χ0n) is 16.7. The molecule has 1 heterocycles. The molecule has 0 spiro atoms. The van der Waals surface area contributed by atoms with Crippen molar-refractivity contribution >= 4 is 34.4 Å². The summed E-state index contributed by atoms with van der Waals surface area (Å²) in [6.45, 7) is 1.86. The topological polar surface area (TPSA) is 71.3 Å². The lowest BCUT2D eigenvalue weighted by Gasteiger charge is -2.59. The second-order valence-corrected chi connectivity index (χ2v) is 10.4. The average Bonchev–Trinajstić information content (AvgIpc) is 3.08. The van der Waals surface area contributed by atoms with Gasteiger partial charge in [0.15, 0.2) is 0 Å². The molecule has 2 N–H and O–H groups in total. The maximum atomic E-state index is 13.0. The van der Waals surface area contributed by atoms with Crippen molar-refractivity contribution in [3.8, 4) is 0 Å². The van der Waals surface area contributed by atoms with Gasteiger partial charge in [0.1, 0.15) is 11.3 Å². The summed E-state index contributed by atoms with van der Waals surface area (Å²) in [5.41, 5.74) is 0.421. The van der Waals surface area contributed by atoms with Crippen LogP contribution in [0.5, 0.6) is 0 Å². The van der Waals surface area contributed by atoms with Gasteiger partial charge in [0.25, 0.3) is 0 Å². The molecular weight excluding hydrogens is 388 g/mol. The Kier molecular flexibility index (Phi) is 4.43. The monoisotopic (exact) mass is 414 g/mol. The molecule has 6 heteroatoms. The molecule has 0 radical (unpaired) electrons. The van der Waals surface area contributed by atoms with E-state index in [0.29, 0.717) is 17.6 Å². The van der Waals surface area contributed by atoms with E-state index in [4.69, 9.17) is 16.0 Å². The number of fused-ring (bicyclic) bond motifs is 1. The summed E-state index contributed by atoms with van der Waals surface area (Å²) in [4.78, 5) is 25.3. The predicted molar refractivity (Wildman–Crippen MR) is 111 cm³/mol. The number of hydrogen-bond acceptors (Lipinski definition) is 3. The number of benzene rings is 1. The third-order valence-electron chi connectivity index (χ3n) is 7.13. The van der Waals surface area contributed by atoms with Crippen molar-refractivity contribution in [2.24, 2.45) is 17.3 Å². The van der Waals surface area contributed by atoms with E-state index >= 15 is 0 Å². The molecule has 2 aromatic rings. The molecule has 2 unspecified atom stereocenters. The number of alkyl halides is 1. The van der Waals surface area contributed by atoms with Gasteiger partial charge in [-0.25, -0.2) is 0 Å². The van der Waals surface area contributed by atoms with Crippen LogP contribution in [-0.4, -0.2) is 23.2 Å². The highest BCUT2D eigenvalue weighted by molar-refractivity contribution is 6.24. The zero-order chi connectivity index (χ0) is 20.2. The minimum absolute atomic E-state index is 0.00293. The second kappa shape index (κ2) is 6.76. The Balaban J connectivity index is 1.19. The van der Waals surface area contributed by atoms with Gasteiger partial charge in [-0.05, 0) is 69.4 Å². The van der Waals surface area contributed by atoms with Crippen LogP contribution >= 0.6 is 11.6 Å². The number of halogens is 1. The minimum atomic E-state index is -0.379. The fourth-order valence-electron chi connectivity index (χ4n) is 6.34. The van der Waals surface area contributed by atoms with Crippen LogP contribution in [0.2, 0.25) is 0 Å². The normalized spacial score (nSPS) is 33.6. The number of para-hydroxylation sites is 1. The van der Waals surface area contributed by atoms with Crippen LogP contribution < -0.4 is 10.6 Å². The van der Waals surface area contributed by atoms with Crippen molar-refractivity contribution in [1.82, 2.24) is 10.6 Å². The summed E-state index contributed by atoms with van der Waals surface area (Å²) in [5.74, 6) is 1.61. The van der Waals surface area contributed by atoms with Gasteiger partial charge >= 0.3 is 0 Å². The predicted octanol–water partition coefficient (Wildman–Crippen LogP) is 4.30. The first kappa shape index (κ1) is 19.0. The maximum Gasteiger partial charge on any atom is 0.239 e. The molecule has 5 atom stereocenters. The number of furan rings is 1. The van der Waals surface area contributed by atoms with Gasteiger partial charge < -0.3 is 15.1 Å². The molecule has 4 saturated carbocycles. The van der Waals surface area contributed by atoms with Gasteiger partial charge in [0.05, 0.1) is 18.0 Å². The molecule has 4 aliphatic rings. The molecule has 0 saturated heterocycles. The van der Waals surface area contributed by atoms with E-state index in [-0.39, 0.29) is 34.7 Å². The van der Waals surface area contributed by atoms with Crippen molar-refractivity contribution in [3.05, 3.63) is 36.1 Å². The van der Waals surface area contributed by atoms with E-state index in [2.05, 4.69) is 10.6 Å². The summed E-state index contributed by atoms with van der Waals surface area (Å²) < 4.78 is 5.82. The van der Waals surface area contributed by atoms with Crippen molar-refractivity contribution in [2.75, 3.05) is 6.54 Å². The summed E-state index contributed by atoms with van der Waals surface area (Å²) in [6, 6.07) is 9.43. The Bertz CT molecular complexity index is 921. The van der Waals surface area contributed by atoms with Gasteiger partial charge in [-0.15, -0.1) is 11.6 Å². The van der Waals surface area contributed by atoms with Gasteiger partial charge in [-0.2, -0.15) is 0 Å². The lowest BCUT2D eigenvalue weighted by molar-refractivity contribution is -0.145. The molecule has 29 heavy (non-hydrogen) atoms. The molecule has 2 amide bonds. The number of amides is 2. The van der Waals surface area contributed by atoms with Crippen molar-refractivity contribution < 1.29 is 14.0 Å². The molecule has 4 bridgehead atoms. The van der Waals surface area contributed by atoms with Crippen molar-refractivity contribution in [2.45, 2.75) is 56.4 Å². The molecule has 154 valence electrons. The maximum absolute atomic E-state index is 13.0. The number of rotatable bonds is 5. The number of nitrogens with one attached hydrogen (secondary N) is 2. The zero-order valence-corrected chi connectivity index (χ0v) is 17.4. The molecule has 1 aromatic heterocycles. The van der Waals surface area contributed by atoms with Crippen molar-refractivity contribution in [1.29, 1.82) is 0 Å². The lowest BCUT2D eigenvalue weighted by atomic mass is 9.49. The Morgan fingerprint density at radius 2 is 1.93 bits per heavy atom. The lowest BCUT2D eigenvalue weighted by Crippen LogP contribution is -2.59. The summed E-state index contributed by atoms with van der Waals surface area (Å²) >= 11 is 6.83. The van der Waals surface area contributed by atoms with Gasteiger partial charge in [0, 0.05) is 10.3 Å². The average molecular weight is 415 g/mol. The molecule has 5 nitrogen and oxygen atoms in total. The molecule has 0 aliphatic heterocycles. The van der Waals surface area contributed by atoms with Gasteiger partial charge in [0.2, 0.25) is 11.8 Å². The van der Waals surface area contributed by atoms with E-state index < -0.39 is 0 Å². The summed E-state index contributed by atoms with van der Waals surface area (Å²) in [6.07, 6.45) is 5.86. The highest BCUT2D eigenvalue weighted by Gasteiger charge is 2.60. The molecule has 1 aromatic carbocycles. The van der Waals surface area contributed by atoms with E-state index in [1.165, 1.54) is 6.42 Å². The van der Waals surface area contributed by atoms with Gasteiger partial charge in [-0.3, -0.25) is 9.59 Å². The van der Waals surface area contributed by atoms with Crippen LogP contribution in [0.4, 0.5) is 0 Å². The smallest absolute Gasteiger partial charge is 0.239 e. The SMILES string of the molecule is C[C@H](NC(=O)CNC(=O)C12C[C@@H]3C[C@@H](CC(Cl)(C3)C1)C2)c1cc2ccccc2o1. The minimum Gasteiger partial charge on any atom is -0.459 e. The molecule has 6 rings (SSSR count). The third kappa shape index (κ3) is 3.43. The Morgan fingerprint density at radius 3 is 2.62 bits per heavy atom. The van der Waals surface area contributed by atoms with Crippen LogP contribution in [0.1, 0.15) is 57.3 Å². The van der Waals surface area contributed by atoms with Crippen LogP contribution in [0.15, 0.2) is 34.7 Å². The van der Waals surface area contributed by atoms with E-state index in [1.807, 2.05) is 37.3 Å². The number of hydrogen-bond donors (Lipinski definition) is 2. The van der Waals surface area contributed by atoms with Crippen LogP contribution in [0.25, 0.3) is 11.0 Å². The largest absolute Gasteiger partial charge is 0.459 e. The molecule has 4 aliphatic carbocycles. The standard InChI is InChI=1S/C23H27ClN2O3/c1-14(19-7-17-4-2-3-5-18(17)29-19)26-20(27)12-25-21(28)22-8-15-6-16(9-22)11-23(24,10-15)13-22/h2-5,7,14-16H,6,8-13H2,1H3,(H,25,28)(H,26,27)/t14-,15-,16+,22?,23?/m0/s1. The van der Waals surface area contributed by atoms with E-state index in [9.17, 15) is 9.59 Å². The first-order chi connectivity index (χ1) is 13.8. The van der Waals surface area contributed by atoms with E-state index in [1.54, 1.807) is 0 Å². The quantitative estimate of drug-likeness (QED) is 0.716. The number of carbonyl (C=O) groups excluding carboxylic acids is 2. The van der Waals surface area contributed by atoms with Crippen LogP contribution in [-0.2, 0) is 9.59 Å². The summed E-state index contributed by atoms with van der Waals surface area (Å²) in [7, 11) is 0. The summed E-state index contributed by atoms with van der Waals surface area (Å²) in [5, 5.41) is 6.83. The van der Waals surface area contributed by atoms with E-state index in [0.717, 1.165) is 43.1 Å². The highest BCUT2D eigenvalue weighted by atomic mass is 35.5. The first-order valence-electron chi connectivity index (χ1n) is 10.6. The second-order valence-electron chi connectivity index (χ2n) is 9.55. The van der Waals surface area contributed by atoms with Crippen LogP contribution in [0, 0.1) is 17.3 Å². The Hall–Kier alpha value is -2.01. The molecule has 4 fully saturated rings. The fraction of sp³-hybridized carbons (Fsp3) is 0.565. The third-order valence-corrected chi connectivity index (χ3v) is 7.57. The van der Waals surface area contributed by atoms with Gasteiger partial charge in [-0.1, -0.05) is 18.2 Å². The number of carbonyl (C=O) groups is 2. The highest BCUT2D eigenvalue weighted by Crippen LogP contribution is 2.63. The first-order valence-corrected chi connectivity index (χ1v) is 11.0. The Labute approximate surface area is 175 Å². The fourth-order valence-corrected chi connectivity index (χ4v) is 7.04. The van der Waals surface area contributed by atoms with Crippen molar-refractivity contribution in [3.63, 3.8) is 0 Å².